The predicted molar refractivity (Wildman–Crippen MR) is 145 cm³/mol. The van der Waals surface area contributed by atoms with E-state index in [0.717, 1.165) is 62.0 Å². The monoisotopic (exact) mass is 580 g/mol. The van der Waals surface area contributed by atoms with E-state index < -0.39 is 35.2 Å². The summed E-state index contributed by atoms with van der Waals surface area (Å²) in [7, 11) is 0. The van der Waals surface area contributed by atoms with Crippen LogP contribution in [0.3, 0.4) is 0 Å². The van der Waals surface area contributed by atoms with Crippen LogP contribution in [0.25, 0.3) is 0 Å². The summed E-state index contributed by atoms with van der Waals surface area (Å²) >= 11 is 0. The van der Waals surface area contributed by atoms with E-state index in [1.807, 2.05) is 0 Å². The second-order valence-corrected chi connectivity index (χ2v) is 9.33. The first-order valence-electron chi connectivity index (χ1n) is 13.6. The number of hydrogen-bond acceptors (Lipinski definition) is 6. The van der Waals surface area contributed by atoms with Gasteiger partial charge in [0, 0.05) is 12.2 Å². The molecule has 10 heteroatoms. The van der Waals surface area contributed by atoms with Crippen LogP contribution < -0.4 is 4.74 Å². The van der Waals surface area contributed by atoms with Crippen molar-refractivity contribution in [3.05, 3.63) is 90.0 Å². The first-order chi connectivity index (χ1) is 19.7. The van der Waals surface area contributed by atoms with E-state index in [0.29, 0.717) is 32.1 Å². The number of esters is 1. The average molecular weight is 581 g/mol. The largest absolute Gasteiger partial charge is 0.463 e. The molecular weight excluding hydrogens is 544 g/mol. The van der Waals surface area contributed by atoms with Gasteiger partial charge >= 0.3 is 18.0 Å². The number of aryl methyl sites for hydroxylation is 2. The first-order valence-corrected chi connectivity index (χ1v) is 13.6. The van der Waals surface area contributed by atoms with Gasteiger partial charge in [0.2, 0.25) is 0 Å². The second kappa shape index (κ2) is 17.9. The molecule has 0 aliphatic heterocycles. The third kappa shape index (κ3) is 12.6. The summed E-state index contributed by atoms with van der Waals surface area (Å²) in [5.74, 6) is -4.10. The molecule has 0 aliphatic carbocycles. The Morgan fingerprint density at radius 2 is 1.27 bits per heavy atom. The van der Waals surface area contributed by atoms with Crippen molar-refractivity contribution in [3.8, 4) is 5.75 Å². The van der Waals surface area contributed by atoms with Crippen LogP contribution in [0.2, 0.25) is 0 Å². The smallest absolute Gasteiger partial charge is 0.432 e. The molecule has 0 amide bonds. The van der Waals surface area contributed by atoms with Gasteiger partial charge < -0.3 is 9.47 Å². The number of benzene rings is 2. The quantitative estimate of drug-likeness (QED) is 0.0399. The lowest BCUT2D eigenvalue weighted by Gasteiger charge is -2.20. The van der Waals surface area contributed by atoms with E-state index in [1.54, 1.807) is 12.1 Å². The van der Waals surface area contributed by atoms with E-state index >= 15 is 0 Å². The van der Waals surface area contributed by atoms with Crippen molar-refractivity contribution >= 4 is 11.9 Å². The molecule has 0 atom stereocenters. The van der Waals surface area contributed by atoms with Gasteiger partial charge in [-0.3, -0.25) is 4.89 Å². The first kappa shape index (κ1) is 33.5. The molecule has 2 aromatic carbocycles. The van der Waals surface area contributed by atoms with Crippen LogP contribution in [0.15, 0.2) is 61.7 Å². The highest BCUT2D eigenvalue weighted by atomic mass is 19.3. The molecule has 0 saturated carbocycles. The Balaban J connectivity index is 1.77. The maximum absolute atomic E-state index is 14.8. The van der Waals surface area contributed by atoms with E-state index in [4.69, 9.17) is 14.4 Å². The predicted octanol–water partition coefficient (Wildman–Crippen LogP) is 7.69. The molecule has 0 fully saturated rings. The maximum Gasteiger partial charge on any atom is 0.432 e. The lowest BCUT2D eigenvalue weighted by atomic mass is 10.0. The van der Waals surface area contributed by atoms with Crippen molar-refractivity contribution in [3.63, 3.8) is 0 Å². The molecule has 6 nitrogen and oxygen atoms in total. The summed E-state index contributed by atoms with van der Waals surface area (Å²) in [5.41, 5.74) is -0.264. The molecule has 2 rings (SSSR count). The van der Waals surface area contributed by atoms with Crippen molar-refractivity contribution in [2.45, 2.75) is 70.3 Å². The fraction of sp³-hybridized carbons (Fsp3) is 0.419. The molecular formula is C31H36F4O6. The Labute approximate surface area is 237 Å². The van der Waals surface area contributed by atoms with Crippen LogP contribution in [0.4, 0.5) is 17.6 Å². The average Bonchev–Trinajstić information content (AvgIpc) is 2.93. The molecule has 0 spiro atoms. The van der Waals surface area contributed by atoms with Crippen molar-refractivity contribution in [1.82, 2.24) is 0 Å². The molecule has 0 heterocycles. The van der Waals surface area contributed by atoms with Crippen molar-refractivity contribution in [2.75, 3.05) is 13.2 Å². The molecule has 0 bridgehead atoms. The molecule has 0 aliphatic rings. The minimum atomic E-state index is -4.21. The van der Waals surface area contributed by atoms with E-state index in [-0.39, 0.29) is 24.5 Å². The Bertz CT molecular complexity index is 1110. The van der Waals surface area contributed by atoms with Crippen molar-refractivity contribution in [1.29, 1.82) is 0 Å². The minimum Gasteiger partial charge on any atom is -0.463 e. The summed E-state index contributed by atoms with van der Waals surface area (Å²) in [6.45, 7) is 7.10. The Hall–Kier alpha value is -3.66. The van der Waals surface area contributed by atoms with Gasteiger partial charge in [-0.25, -0.2) is 18.4 Å². The van der Waals surface area contributed by atoms with Gasteiger partial charge in [-0.1, -0.05) is 51.0 Å². The standard InChI is InChI=1S/C31H36F4O6/c1-3-28(36)38-19-11-7-5-10-14-24-21-26(32)30(27(33)22-24)31(34,35)40-25-17-15-23(16-18-25)13-9-6-8-12-20-39-41-29(37)4-2/h3-4,15-18,21-22H,1-2,5-14,19-20H2. The third-order valence-electron chi connectivity index (χ3n) is 6.08. The van der Waals surface area contributed by atoms with E-state index in [1.165, 1.54) is 12.1 Å². The molecule has 0 N–H and O–H groups in total. The van der Waals surface area contributed by atoms with Gasteiger partial charge in [0.15, 0.2) is 0 Å². The number of hydrogen-bond donors (Lipinski definition) is 0. The Morgan fingerprint density at radius 1 is 0.732 bits per heavy atom. The fourth-order valence-electron chi connectivity index (χ4n) is 3.97. The highest BCUT2D eigenvalue weighted by molar-refractivity contribution is 5.81. The molecule has 0 unspecified atom stereocenters. The van der Waals surface area contributed by atoms with Crippen LogP contribution in [-0.2, 0) is 43.1 Å². The maximum atomic E-state index is 14.8. The SMILES string of the molecule is C=CC(=O)OCCCCCCc1cc(F)c(C(F)(F)Oc2ccc(CCCCCCOOC(=O)C=C)cc2)c(F)c1. The van der Waals surface area contributed by atoms with Crippen LogP contribution in [0.5, 0.6) is 5.75 Å². The summed E-state index contributed by atoms with van der Waals surface area (Å²) in [5, 5.41) is 0. The minimum absolute atomic E-state index is 0.216. The lowest BCUT2D eigenvalue weighted by molar-refractivity contribution is -0.267. The molecule has 224 valence electrons. The van der Waals surface area contributed by atoms with Gasteiger partial charge in [0.1, 0.15) is 22.9 Å². The zero-order valence-corrected chi connectivity index (χ0v) is 23.0. The van der Waals surface area contributed by atoms with Gasteiger partial charge in [-0.15, -0.1) is 0 Å². The van der Waals surface area contributed by atoms with Crippen molar-refractivity contribution in [2.24, 2.45) is 0 Å². The number of alkyl halides is 2. The summed E-state index contributed by atoms with van der Waals surface area (Å²) in [6.07, 6.45) is 4.87. The van der Waals surface area contributed by atoms with Crippen molar-refractivity contribution < 1.29 is 46.4 Å². The second-order valence-electron chi connectivity index (χ2n) is 9.33. The fourth-order valence-corrected chi connectivity index (χ4v) is 3.97. The molecule has 0 saturated heterocycles. The van der Waals surface area contributed by atoms with Crippen LogP contribution in [-0.4, -0.2) is 25.2 Å². The third-order valence-corrected chi connectivity index (χ3v) is 6.08. The number of carbonyl (C=O) groups is 2. The molecule has 0 aromatic heterocycles. The topological polar surface area (TPSA) is 71.1 Å². The van der Waals surface area contributed by atoms with Gasteiger partial charge in [-0.05, 0) is 73.9 Å². The number of carbonyl (C=O) groups excluding carboxylic acids is 2. The summed E-state index contributed by atoms with van der Waals surface area (Å²) in [6, 6.07) is 7.75. The Kier molecular flexibility index (Phi) is 14.7. The van der Waals surface area contributed by atoms with Crippen LogP contribution in [0, 0.1) is 11.6 Å². The molecule has 2 aromatic rings. The summed E-state index contributed by atoms with van der Waals surface area (Å²) < 4.78 is 68.3. The number of unbranched alkanes of at least 4 members (excludes halogenated alkanes) is 6. The highest BCUT2D eigenvalue weighted by Crippen LogP contribution is 2.35. The molecule has 0 radical (unpaired) electrons. The normalized spacial score (nSPS) is 11.1. The van der Waals surface area contributed by atoms with Crippen LogP contribution >= 0.6 is 0 Å². The lowest BCUT2D eigenvalue weighted by Crippen LogP contribution is -2.25. The van der Waals surface area contributed by atoms with Crippen LogP contribution in [0.1, 0.15) is 68.1 Å². The zero-order chi connectivity index (χ0) is 30.1. The molecule has 41 heavy (non-hydrogen) atoms. The number of halogens is 4. The van der Waals surface area contributed by atoms with Gasteiger partial charge in [0.25, 0.3) is 0 Å². The zero-order valence-electron chi connectivity index (χ0n) is 23.0. The van der Waals surface area contributed by atoms with E-state index in [9.17, 15) is 27.2 Å². The summed E-state index contributed by atoms with van der Waals surface area (Å²) in [4.78, 5) is 31.0. The number of rotatable bonds is 20. The number of ether oxygens (including phenoxy) is 2. The highest BCUT2D eigenvalue weighted by Gasteiger charge is 2.41. The Morgan fingerprint density at radius 3 is 1.85 bits per heavy atom. The van der Waals surface area contributed by atoms with Gasteiger partial charge in [-0.2, -0.15) is 13.7 Å². The van der Waals surface area contributed by atoms with Gasteiger partial charge in [0.05, 0.1) is 13.2 Å². The van der Waals surface area contributed by atoms with E-state index in [2.05, 4.69) is 18.0 Å².